The number of urea groups is 1. The fraction of sp³-hybridized carbons (Fsp3) is 0.846. The van der Waals surface area contributed by atoms with Crippen LogP contribution >= 0.6 is 0 Å². The van der Waals surface area contributed by atoms with E-state index in [-0.39, 0.29) is 19.1 Å². The van der Waals surface area contributed by atoms with Crippen LogP contribution in [0.2, 0.25) is 0 Å². The first-order valence-corrected chi connectivity index (χ1v) is 6.84. The summed E-state index contributed by atoms with van der Waals surface area (Å²) in [5, 5.41) is 11.9. The maximum absolute atomic E-state index is 12.4. The molecule has 21 heavy (non-hydrogen) atoms. The van der Waals surface area contributed by atoms with Gasteiger partial charge in [0.2, 0.25) is 0 Å². The highest BCUT2D eigenvalue weighted by Crippen LogP contribution is 2.19. The van der Waals surface area contributed by atoms with Crippen LogP contribution in [-0.2, 0) is 19.0 Å². The van der Waals surface area contributed by atoms with Crippen LogP contribution < -0.4 is 5.32 Å². The Hall–Kier alpha value is -1.38. The summed E-state index contributed by atoms with van der Waals surface area (Å²) >= 11 is 0. The molecule has 1 fully saturated rings. The Balaban J connectivity index is 2.76. The van der Waals surface area contributed by atoms with E-state index in [0.717, 1.165) is 0 Å². The molecule has 1 saturated heterocycles. The van der Waals surface area contributed by atoms with Crippen LogP contribution in [-0.4, -0.2) is 80.8 Å². The fourth-order valence-electron chi connectivity index (χ4n) is 2.21. The molecular weight excluding hydrogens is 280 g/mol. The van der Waals surface area contributed by atoms with Gasteiger partial charge in [0.1, 0.15) is 0 Å². The molecular formula is C13H24N2O6. The summed E-state index contributed by atoms with van der Waals surface area (Å²) in [7, 11) is 3.09. The minimum Gasteiger partial charge on any atom is -0.479 e. The molecule has 2 unspecified atom stereocenters. The van der Waals surface area contributed by atoms with Crippen molar-refractivity contribution in [3.63, 3.8) is 0 Å². The molecule has 0 spiro atoms. The Morgan fingerprint density at radius 2 is 2.14 bits per heavy atom. The second kappa shape index (κ2) is 8.16. The highest BCUT2D eigenvalue weighted by atomic mass is 16.5. The van der Waals surface area contributed by atoms with Gasteiger partial charge in [-0.25, -0.2) is 9.59 Å². The Kier molecular flexibility index (Phi) is 6.86. The Morgan fingerprint density at radius 3 is 2.62 bits per heavy atom. The lowest BCUT2D eigenvalue weighted by molar-refractivity contribution is -0.144. The molecule has 8 heteroatoms. The minimum atomic E-state index is -1.35. The van der Waals surface area contributed by atoms with Crippen LogP contribution in [0, 0.1) is 0 Å². The zero-order valence-electron chi connectivity index (χ0n) is 12.8. The van der Waals surface area contributed by atoms with Gasteiger partial charge in [-0.3, -0.25) is 0 Å². The van der Waals surface area contributed by atoms with Gasteiger partial charge < -0.3 is 29.5 Å². The first kappa shape index (κ1) is 17.7. The second-order valence-corrected chi connectivity index (χ2v) is 5.11. The third kappa shape index (κ3) is 4.55. The van der Waals surface area contributed by atoms with Crippen LogP contribution in [0.3, 0.4) is 0 Å². The van der Waals surface area contributed by atoms with E-state index in [2.05, 4.69) is 5.32 Å². The van der Waals surface area contributed by atoms with Gasteiger partial charge in [0.25, 0.3) is 0 Å². The van der Waals surface area contributed by atoms with Crippen molar-refractivity contribution in [1.29, 1.82) is 0 Å². The number of carboxylic acids is 1. The average molecular weight is 304 g/mol. The van der Waals surface area contributed by atoms with Crippen LogP contribution in [0.15, 0.2) is 0 Å². The van der Waals surface area contributed by atoms with Gasteiger partial charge in [-0.2, -0.15) is 0 Å². The highest BCUT2D eigenvalue weighted by Gasteiger charge is 2.45. The van der Waals surface area contributed by atoms with E-state index in [1.165, 1.54) is 4.90 Å². The molecule has 1 heterocycles. The number of hydrogen-bond donors (Lipinski definition) is 2. The molecule has 1 aliphatic rings. The van der Waals surface area contributed by atoms with Crippen molar-refractivity contribution in [2.24, 2.45) is 0 Å². The van der Waals surface area contributed by atoms with Crippen LogP contribution in [0.5, 0.6) is 0 Å². The quantitative estimate of drug-likeness (QED) is 0.651. The molecule has 0 aromatic carbocycles. The van der Waals surface area contributed by atoms with E-state index >= 15 is 0 Å². The van der Waals surface area contributed by atoms with Gasteiger partial charge in [0.05, 0.1) is 25.9 Å². The summed E-state index contributed by atoms with van der Waals surface area (Å²) in [6.07, 6.45) is 0.255. The number of nitrogens with one attached hydrogen (secondary N) is 1. The SMILES string of the molecule is COCCN(C(=O)NC1(C(=O)O)CCOC1)C(C)COC. The number of methoxy groups -OCH3 is 2. The molecule has 0 bridgehead atoms. The molecule has 0 aliphatic carbocycles. The van der Waals surface area contributed by atoms with E-state index in [1.54, 1.807) is 14.2 Å². The second-order valence-electron chi connectivity index (χ2n) is 5.11. The van der Waals surface area contributed by atoms with Gasteiger partial charge >= 0.3 is 12.0 Å². The number of nitrogens with zero attached hydrogens (tertiary/aromatic N) is 1. The smallest absolute Gasteiger partial charge is 0.332 e. The lowest BCUT2D eigenvalue weighted by Crippen LogP contribution is -2.60. The summed E-state index contributed by atoms with van der Waals surface area (Å²) in [6.45, 7) is 3.19. The lowest BCUT2D eigenvalue weighted by atomic mass is 9.99. The number of carboxylic acid groups (broad SMARTS) is 1. The van der Waals surface area contributed by atoms with Crippen molar-refractivity contribution in [1.82, 2.24) is 10.2 Å². The van der Waals surface area contributed by atoms with Crippen molar-refractivity contribution in [3.05, 3.63) is 0 Å². The van der Waals surface area contributed by atoms with E-state index in [0.29, 0.717) is 26.4 Å². The number of carbonyl (C=O) groups excluding carboxylic acids is 1. The zero-order chi connectivity index (χ0) is 15.9. The molecule has 0 aromatic rings. The molecule has 0 radical (unpaired) electrons. The van der Waals surface area contributed by atoms with E-state index in [1.807, 2.05) is 6.92 Å². The molecule has 2 atom stereocenters. The number of rotatable bonds is 8. The Bertz CT molecular complexity index is 357. The number of ether oxygens (including phenoxy) is 3. The van der Waals surface area contributed by atoms with Crippen LogP contribution in [0.4, 0.5) is 4.79 Å². The highest BCUT2D eigenvalue weighted by molar-refractivity contribution is 5.86. The van der Waals surface area contributed by atoms with Crippen LogP contribution in [0.25, 0.3) is 0 Å². The van der Waals surface area contributed by atoms with E-state index in [9.17, 15) is 14.7 Å². The van der Waals surface area contributed by atoms with Crippen molar-refractivity contribution in [2.75, 3.05) is 47.2 Å². The summed E-state index contributed by atoms with van der Waals surface area (Å²) in [4.78, 5) is 25.4. The summed E-state index contributed by atoms with van der Waals surface area (Å²) in [5.41, 5.74) is -1.35. The summed E-state index contributed by atoms with van der Waals surface area (Å²) in [6, 6.07) is -0.650. The van der Waals surface area contributed by atoms with Crippen molar-refractivity contribution in [3.8, 4) is 0 Å². The van der Waals surface area contributed by atoms with Crippen molar-refractivity contribution < 1.29 is 28.9 Å². The Labute approximate surface area is 124 Å². The first-order chi connectivity index (χ1) is 9.96. The predicted octanol–water partition coefficient (Wildman–Crippen LogP) is -0.0770. The molecule has 1 aliphatic heterocycles. The number of aliphatic carboxylic acids is 1. The predicted molar refractivity (Wildman–Crippen MR) is 74.3 cm³/mol. The van der Waals surface area contributed by atoms with Gasteiger partial charge in [0, 0.05) is 33.8 Å². The number of hydrogen-bond acceptors (Lipinski definition) is 5. The Morgan fingerprint density at radius 1 is 1.43 bits per heavy atom. The molecule has 2 amide bonds. The first-order valence-electron chi connectivity index (χ1n) is 6.84. The standard InChI is InChI=1S/C13H24N2O6/c1-10(8-20-3)15(5-7-19-2)12(18)14-13(11(16)17)4-6-21-9-13/h10H,4-9H2,1-3H3,(H,14,18)(H,16,17). The maximum atomic E-state index is 12.4. The maximum Gasteiger partial charge on any atom is 0.332 e. The van der Waals surface area contributed by atoms with Crippen molar-refractivity contribution in [2.45, 2.75) is 24.9 Å². The summed E-state index contributed by atoms with van der Waals surface area (Å²) < 4.78 is 15.2. The zero-order valence-corrected chi connectivity index (χ0v) is 12.8. The third-order valence-electron chi connectivity index (χ3n) is 3.51. The minimum absolute atomic E-state index is 0.0230. The third-order valence-corrected chi connectivity index (χ3v) is 3.51. The molecule has 1 rings (SSSR count). The van der Waals surface area contributed by atoms with Gasteiger partial charge in [-0.05, 0) is 6.92 Å². The van der Waals surface area contributed by atoms with Gasteiger partial charge in [-0.1, -0.05) is 0 Å². The normalized spacial score (nSPS) is 22.8. The largest absolute Gasteiger partial charge is 0.479 e. The molecule has 0 saturated carbocycles. The summed E-state index contributed by atoms with van der Waals surface area (Å²) in [5.74, 6) is -1.08. The van der Waals surface area contributed by atoms with Crippen LogP contribution in [0.1, 0.15) is 13.3 Å². The van der Waals surface area contributed by atoms with Gasteiger partial charge in [0.15, 0.2) is 5.54 Å². The topological polar surface area (TPSA) is 97.3 Å². The van der Waals surface area contributed by atoms with E-state index < -0.39 is 17.5 Å². The lowest BCUT2D eigenvalue weighted by Gasteiger charge is -2.32. The fourth-order valence-corrected chi connectivity index (χ4v) is 2.21. The molecule has 122 valence electrons. The number of amides is 2. The molecule has 8 nitrogen and oxygen atoms in total. The number of carbonyl (C=O) groups is 2. The monoisotopic (exact) mass is 304 g/mol. The molecule has 2 N–H and O–H groups in total. The molecule has 0 aromatic heterocycles. The van der Waals surface area contributed by atoms with Crippen molar-refractivity contribution >= 4 is 12.0 Å². The van der Waals surface area contributed by atoms with E-state index in [4.69, 9.17) is 14.2 Å². The van der Waals surface area contributed by atoms with Gasteiger partial charge in [-0.15, -0.1) is 0 Å². The average Bonchev–Trinajstić information content (AvgIpc) is 2.89.